The summed E-state index contributed by atoms with van der Waals surface area (Å²) in [6, 6.07) is 9.42. The van der Waals surface area contributed by atoms with Crippen molar-refractivity contribution < 1.29 is 14.3 Å². The maximum absolute atomic E-state index is 13.2. The number of hydrogen-bond acceptors (Lipinski definition) is 2. The Balaban J connectivity index is 2.10. The molecule has 2 aromatic rings. The van der Waals surface area contributed by atoms with E-state index in [1.807, 2.05) is 6.07 Å². The van der Waals surface area contributed by atoms with Crippen molar-refractivity contribution >= 4 is 5.78 Å². The van der Waals surface area contributed by atoms with E-state index in [0.29, 0.717) is 12.0 Å². The molecule has 0 aromatic heterocycles. The number of aryl methyl sites for hydroxylation is 1. The summed E-state index contributed by atoms with van der Waals surface area (Å²) in [6.07, 6.45) is 1.29. The van der Waals surface area contributed by atoms with Gasteiger partial charge in [-0.3, -0.25) is 4.79 Å². The Morgan fingerprint density at radius 3 is 2.61 bits per heavy atom. The molecule has 1 aliphatic rings. The van der Waals surface area contributed by atoms with Crippen LogP contribution in [0.15, 0.2) is 36.4 Å². The molecule has 0 amide bonds. The summed E-state index contributed by atoms with van der Waals surface area (Å²) in [4.78, 5) is 11.5. The van der Waals surface area contributed by atoms with Gasteiger partial charge in [0.15, 0.2) is 5.78 Å². The highest BCUT2D eigenvalue weighted by molar-refractivity contribution is 6.00. The summed E-state index contributed by atoms with van der Waals surface area (Å²) in [7, 11) is 0. The van der Waals surface area contributed by atoms with Crippen molar-refractivity contribution in [3.05, 3.63) is 53.3 Å². The Bertz CT molecular complexity index is 627. The second kappa shape index (κ2) is 3.95. The first kappa shape index (κ1) is 11.0. The van der Waals surface area contributed by atoms with Gasteiger partial charge in [-0.05, 0) is 35.2 Å². The second-order valence-corrected chi connectivity index (χ2v) is 4.49. The topological polar surface area (TPSA) is 37.3 Å². The minimum absolute atomic E-state index is 0.0958. The summed E-state index contributed by atoms with van der Waals surface area (Å²) in [5.74, 6) is -0.401. The van der Waals surface area contributed by atoms with Gasteiger partial charge in [0.25, 0.3) is 0 Å². The number of carbonyl (C=O) groups is 1. The number of halogens is 1. The molecule has 3 rings (SSSR count). The minimum atomic E-state index is -0.471. The molecule has 0 atom stereocenters. The average Bonchev–Trinajstić information content (AvgIpc) is 2.69. The largest absolute Gasteiger partial charge is 0.508 e. The molecule has 2 nitrogen and oxygen atoms in total. The van der Waals surface area contributed by atoms with Crippen LogP contribution in [0.3, 0.4) is 0 Å². The maximum atomic E-state index is 13.2. The number of Topliss-reactive ketones (excluding diaryl/α,β-unsaturated/α-hetero) is 1. The first-order chi connectivity index (χ1) is 8.63. The Labute approximate surface area is 104 Å². The van der Waals surface area contributed by atoms with Gasteiger partial charge in [-0.15, -0.1) is 0 Å². The normalized spacial score (nSPS) is 13.7. The molecule has 0 heterocycles. The number of phenols is 1. The lowest BCUT2D eigenvalue weighted by Crippen LogP contribution is -1.91. The fourth-order valence-corrected chi connectivity index (χ4v) is 2.38. The number of carbonyl (C=O) groups excluding carboxylic acids is 1. The van der Waals surface area contributed by atoms with Crippen molar-refractivity contribution in [1.29, 1.82) is 0 Å². The number of fused-ring (bicyclic) bond motifs is 1. The molecule has 0 bridgehead atoms. The van der Waals surface area contributed by atoms with Gasteiger partial charge >= 0.3 is 0 Å². The lowest BCUT2D eigenvalue weighted by molar-refractivity contribution is 0.0994. The Hall–Kier alpha value is -2.16. The van der Waals surface area contributed by atoms with E-state index in [1.54, 1.807) is 12.1 Å². The Morgan fingerprint density at radius 1 is 1.00 bits per heavy atom. The summed E-state index contributed by atoms with van der Waals surface area (Å²) in [6.45, 7) is 0. The molecule has 0 unspecified atom stereocenters. The zero-order valence-corrected chi connectivity index (χ0v) is 9.61. The fraction of sp³-hybridized carbons (Fsp3) is 0.133. The van der Waals surface area contributed by atoms with Gasteiger partial charge in [-0.1, -0.05) is 18.2 Å². The van der Waals surface area contributed by atoms with Gasteiger partial charge in [0.2, 0.25) is 0 Å². The van der Waals surface area contributed by atoms with E-state index in [4.69, 9.17) is 0 Å². The summed E-state index contributed by atoms with van der Waals surface area (Å²) in [5.41, 5.74) is 3.20. The van der Waals surface area contributed by atoms with Crippen molar-refractivity contribution in [2.75, 3.05) is 0 Å². The molecule has 1 N–H and O–H groups in total. The second-order valence-electron chi connectivity index (χ2n) is 4.49. The predicted octanol–water partition coefficient (Wildman–Crippen LogP) is 3.33. The molecule has 2 aromatic carbocycles. The number of hydrogen-bond donors (Lipinski definition) is 1. The van der Waals surface area contributed by atoms with Gasteiger partial charge in [0, 0.05) is 18.1 Å². The van der Waals surface area contributed by atoms with Crippen molar-refractivity contribution in [3.8, 4) is 16.9 Å². The number of ketones is 1. The van der Waals surface area contributed by atoms with Crippen LogP contribution in [0, 0.1) is 5.82 Å². The molecule has 0 saturated carbocycles. The summed E-state index contributed by atoms with van der Waals surface area (Å²) in [5, 5.41) is 9.40. The van der Waals surface area contributed by atoms with Crippen LogP contribution in [0.1, 0.15) is 22.3 Å². The van der Waals surface area contributed by atoms with Crippen molar-refractivity contribution in [1.82, 2.24) is 0 Å². The lowest BCUT2D eigenvalue weighted by atomic mass is 10.00. The third-order valence-electron chi connectivity index (χ3n) is 3.24. The van der Waals surface area contributed by atoms with Crippen LogP contribution in [0.5, 0.6) is 5.75 Å². The van der Waals surface area contributed by atoms with Gasteiger partial charge in [0.1, 0.15) is 11.6 Å². The number of benzene rings is 2. The number of phenolic OH excluding ortho intramolecular Hbond substituents is 1. The highest BCUT2D eigenvalue weighted by Gasteiger charge is 2.19. The van der Waals surface area contributed by atoms with Gasteiger partial charge in [0.05, 0.1) is 0 Å². The van der Waals surface area contributed by atoms with E-state index in [9.17, 15) is 14.3 Å². The zero-order valence-electron chi connectivity index (χ0n) is 9.61. The first-order valence-corrected chi connectivity index (χ1v) is 5.79. The predicted molar refractivity (Wildman–Crippen MR) is 66.2 cm³/mol. The van der Waals surface area contributed by atoms with E-state index in [-0.39, 0.29) is 11.5 Å². The third kappa shape index (κ3) is 1.78. The van der Waals surface area contributed by atoms with Crippen LogP contribution in [0.4, 0.5) is 4.39 Å². The van der Waals surface area contributed by atoms with Crippen LogP contribution in [0.2, 0.25) is 0 Å². The lowest BCUT2D eigenvalue weighted by Gasteiger charge is -2.05. The van der Waals surface area contributed by atoms with Gasteiger partial charge in [-0.25, -0.2) is 4.39 Å². The van der Waals surface area contributed by atoms with Crippen LogP contribution in [0.25, 0.3) is 11.1 Å². The van der Waals surface area contributed by atoms with Gasteiger partial charge in [-0.2, -0.15) is 0 Å². The summed E-state index contributed by atoms with van der Waals surface area (Å²) < 4.78 is 13.2. The average molecular weight is 242 g/mol. The quantitative estimate of drug-likeness (QED) is 0.832. The highest BCUT2D eigenvalue weighted by atomic mass is 19.1. The SMILES string of the molecule is O=C1CCc2cc(-c3cc(O)cc(F)c3)ccc21. The molecule has 90 valence electrons. The molecule has 0 aliphatic heterocycles. The van der Waals surface area contributed by atoms with Crippen LogP contribution < -0.4 is 0 Å². The minimum Gasteiger partial charge on any atom is -0.508 e. The van der Waals surface area contributed by atoms with Crippen molar-refractivity contribution in [2.45, 2.75) is 12.8 Å². The highest BCUT2D eigenvalue weighted by Crippen LogP contribution is 2.30. The Morgan fingerprint density at radius 2 is 1.83 bits per heavy atom. The third-order valence-corrected chi connectivity index (χ3v) is 3.24. The molecule has 0 fully saturated rings. The molecular weight excluding hydrogens is 231 g/mol. The molecular formula is C15H11FO2. The zero-order chi connectivity index (χ0) is 12.7. The Kier molecular flexibility index (Phi) is 2.40. The monoisotopic (exact) mass is 242 g/mol. The molecule has 3 heteroatoms. The van der Waals surface area contributed by atoms with Crippen molar-refractivity contribution in [2.24, 2.45) is 0 Å². The van der Waals surface area contributed by atoms with E-state index in [0.717, 1.165) is 29.2 Å². The smallest absolute Gasteiger partial charge is 0.163 e. The van der Waals surface area contributed by atoms with E-state index < -0.39 is 5.82 Å². The van der Waals surface area contributed by atoms with Crippen molar-refractivity contribution in [3.63, 3.8) is 0 Å². The number of aromatic hydroxyl groups is 1. The molecule has 1 aliphatic carbocycles. The molecule has 0 radical (unpaired) electrons. The van der Waals surface area contributed by atoms with Crippen LogP contribution >= 0.6 is 0 Å². The molecule has 0 saturated heterocycles. The fourth-order valence-electron chi connectivity index (χ4n) is 2.38. The standard InChI is InChI=1S/C15H11FO2/c16-12-6-11(7-13(17)8-12)9-1-3-14-10(5-9)2-4-15(14)18/h1,3,5-8,17H,2,4H2. The first-order valence-electron chi connectivity index (χ1n) is 5.79. The summed E-state index contributed by atoms with van der Waals surface area (Å²) >= 11 is 0. The van der Waals surface area contributed by atoms with E-state index in [2.05, 4.69) is 0 Å². The van der Waals surface area contributed by atoms with E-state index in [1.165, 1.54) is 12.1 Å². The van der Waals surface area contributed by atoms with Gasteiger partial charge < -0.3 is 5.11 Å². The van der Waals surface area contributed by atoms with E-state index >= 15 is 0 Å². The number of rotatable bonds is 1. The molecule has 18 heavy (non-hydrogen) atoms. The van der Waals surface area contributed by atoms with Crippen LogP contribution in [-0.4, -0.2) is 10.9 Å². The van der Waals surface area contributed by atoms with Crippen LogP contribution in [-0.2, 0) is 6.42 Å². The maximum Gasteiger partial charge on any atom is 0.163 e. The molecule has 0 spiro atoms.